The number of carbonyl (C=O) groups excluding carboxylic acids is 1. The van der Waals surface area contributed by atoms with Crippen LogP contribution < -0.4 is 4.74 Å². The molecule has 1 aliphatic carbocycles. The van der Waals surface area contributed by atoms with Crippen LogP contribution >= 0.6 is 0 Å². The molecule has 0 saturated heterocycles. The van der Waals surface area contributed by atoms with E-state index < -0.39 is 24.3 Å². The van der Waals surface area contributed by atoms with Gasteiger partial charge in [-0.05, 0) is 37.1 Å². The first-order valence-electron chi connectivity index (χ1n) is 9.58. The Morgan fingerprint density at radius 2 is 2.10 bits per heavy atom. The predicted octanol–water partition coefficient (Wildman–Crippen LogP) is 2.76. The molecule has 0 aliphatic heterocycles. The number of benzene rings is 1. The number of aryl methyl sites for hydroxylation is 1. The molecule has 7 nitrogen and oxygen atoms in total. The summed E-state index contributed by atoms with van der Waals surface area (Å²) in [5, 5.41) is 9.66. The summed E-state index contributed by atoms with van der Waals surface area (Å²) in [5.41, 5.74) is 4.15. The Morgan fingerprint density at radius 1 is 1.31 bits per heavy atom. The van der Waals surface area contributed by atoms with Gasteiger partial charge < -0.3 is 19.3 Å². The lowest BCUT2D eigenvalue weighted by Gasteiger charge is -2.23. The van der Waals surface area contributed by atoms with Crippen LogP contribution in [0, 0.1) is 6.92 Å². The maximum Gasteiger partial charge on any atom is 0.335 e. The number of rotatable bonds is 6. The normalized spacial score (nSPS) is 19.2. The minimum absolute atomic E-state index is 0.113. The van der Waals surface area contributed by atoms with Gasteiger partial charge in [-0.1, -0.05) is 24.3 Å². The number of aliphatic hydroxyl groups is 1. The number of imidazole rings is 1. The van der Waals surface area contributed by atoms with Crippen molar-refractivity contribution in [3.05, 3.63) is 65.1 Å². The van der Waals surface area contributed by atoms with Gasteiger partial charge in [-0.3, -0.25) is 4.40 Å². The van der Waals surface area contributed by atoms with Crippen LogP contribution in [0.2, 0.25) is 0 Å². The van der Waals surface area contributed by atoms with E-state index in [-0.39, 0.29) is 6.61 Å². The third-order valence-electron chi connectivity index (χ3n) is 5.39. The molecule has 1 aromatic carbocycles. The van der Waals surface area contributed by atoms with Gasteiger partial charge in [-0.25, -0.2) is 9.78 Å². The van der Waals surface area contributed by atoms with Gasteiger partial charge in [-0.2, -0.15) is 0 Å². The maximum absolute atomic E-state index is 12.3. The van der Waals surface area contributed by atoms with E-state index in [0.29, 0.717) is 23.5 Å². The molecule has 0 spiro atoms. The molecular formula is C22H24N2O5. The first kappa shape index (κ1) is 19.4. The van der Waals surface area contributed by atoms with Crippen molar-refractivity contribution < 1.29 is 24.1 Å². The van der Waals surface area contributed by atoms with Gasteiger partial charge in [0.15, 0.2) is 23.6 Å². The fraction of sp³-hybridized carbons (Fsp3) is 0.364. The summed E-state index contributed by atoms with van der Waals surface area (Å²) in [6.45, 7) is 3.40. The van der Waals surface area contributed by atoms with E-state index in [4.69, 9.17) is 14.2 Å². The highest BCUT2D eigenvalue weighted by molar-refractivity contribution is 5.74. The zero-order valence-corrected chi connectivity index (χ0v) is 16.7. The largest absolute Gasteiger partial charge is 0.478 e. The fourth-order valence-corrected chi connectivity index (χ4v) is 3.73. The van der Waals surface area contributed by atoms with E-state index >= 15 is 0 Å². The number of aromatic nitrogens is 2. The Bertz CT molecular complexity index is 1040. The van der Waals surface area contributed by atoms with E-state index in [0.717, 1.165) is 16.8 Å². The van der Waals surface area contributed by atoms with Gasteiger partial charge >= 0.3 is 5.97 Å². The average molecular weight is 396 g/mol. The quantitative estimate of drug-likeness (QED) is 0.645. The molecule has 0 bridgehead atoms. The third kappa shape index (κ3) is 3.47. The predicted molar refractivity (Wildman–Crippen MR) is 106 cm³/mol. The molecule has 4 rings (SSSR count). The van der Waals surface area contributed by atoms with Crippen LogP contribution in [0.3, 0.4) is 0 Å². The summed E-state index contributed by atoms with van der Waals surface area (Å²) in [5.74, 6) is 0.147. The van der Waals surface area contributed by atoms with Gasteiger partial charge in [0.2, 0.25) is 0 Å². The minimum atomic E-state index is -0.648. The lowest BCUT2D eigenvalue weighted by Crippen LogP contribution is -2.31. The number of methoxy groups -OCH3 is 1. The second-order valence-electron chi connectivity index (χ2n) is 7.16. The molecule has 0 saturated carbocycles. The van der Waals surface area contributed by atoms with Crippen LogP contribution in [0.5, 0.6) is 5.75 Å². The molecule has 3 atom stereocenters. The molecule has 1 N–H and O–H groups in total. The Morgan fingerprint density at radius 3 is 2.86 bits per heavy atom. The van der Waals surface area contributed by atoms with Crippen molar-refractivity contribution in [1.29, 1.82) is 0 Å². The first-order chi connectivity index (χ1) is 14.0. The van der Waals surface area contributed by atoms with Crippen molar-refractivity contribution in [2.24, 2.45) is 0 Å². The van der Waals surface area contributed by atoms with Crippen LogP contribution in [0.15, 0.2) is 42.6 Å². The van der Waals surface area contributed by atoms with Gasteiger partial charge in [-0.15, -0.1) is 0 Å². The molecule has 0 fully saturated rings. The van der Waals surface area contributed by atoms with Crippen molar-refractivity contribution in [1.82, 2.24) is 9.38 Å². The zero-order valence-electron chi connectivity index (χ0n) is 16.7. The standard InChI is InChI=1S/C22H24N2O5/c1-13-17(12-25)24-10-6-9-18(21(24)23-13)28-20-16-8-5-4-7-15(16)11-19(20)29-22(26)14(2)27-3/h4-10,14,19-20,25H,11-12H2,1-3H3/t14-,19?,20?/m0/s1. The molecule has 2 heterocycles. The number of pyridine rings is 1. The van der Waals surface area contributed by atoms with E-state index in [2.05, 4.69) is 4.98 Å². The number of fused-ring (bicyclic) bond motifs is 2. The lowest BCUT2D eigenvalue weighted by atomic mass is 10.1. The topological polar surface area (TPSA) is 82.3 Å². The third-order valence-corrected chi connectivity index (χ3v) is 5.39. The van der Waals surface area contributed by atoms with Crippen molar-refractivity contribution in [3.63, 3.8) is 0 Å². The number of hydrogen-bond acceptors (Lipinski definition) is 6. The minimum Gasteiger partial charge on any atom is -0.478 e. The van der Waals surface area contributed by atoms with Gasteiger partial charge in [0.1, 0.15) is 6.10 Å². The van der Waals surface area contributed by atoms with Crippen LogP contribution in [-0.2, 0) is 27.3 Å². The number of nitrogens with zero attached hydrogens (tertiary/aromatic N) is 2. The van der Waals surface area contributed by atoms with Crippen molar-refractivity contribution in [3.8, 4) is 5.75 Å². The highest BCUT2D eigenvalue weighted by Crippen LogP contribution is 2.38. The lowest BCUT2D eigenvalue weighted by molar-refractivity contribution is -0.163. The number of hydrogen-bond donors (Lipinski definition) is 1. The van der Waals surface area contributed by atoms with E-state index in [1.807, 2.05) is 53.9 Å². The summed E-state index contributed by atoms with van der Waals surface area (Å²) in [6, 6.07) is 11.6. The van der Waals surface area contributed by atoms with Crippen LogP contribution in [0.25, 0.3) is 5.65 Å². The highest BCUT2D eigenvalue weighted by Gasteiger charge is 2.38. The molecule has 2 unspecified atom stereocenters. The number of aliphatic hydroxyl groups excluding tert-OH is 1. The van der Waals surface area contributed by atoms with Crippen LogP contribution in [0.1, 0.15) is 35.5 Å². The fourth-order valence-electron chi connectivity index (χ4n) is 3.73. The molecule has 1 aliphatic rings. The Labute approximate surface area is 168 Å². The number of carbonyl (C=O) groups is 1. The summed E-state index contributed by atoms with van der Waals surface area (Å²) >= 11 is 0. The van der Waals surface area contributed by atoms with Gasteiger partial charge in [0, 0.05) is 19.7 Å². The van der Waals surface area contributed by atoms with E-state index in [1.165, 1.54) is 7.11 Å². The molecule has 3 aromatic rings. The number of esters is 1. The molecular weight excluding hydrogens is 372 g/mol. The molecule has 152 valence electrons. The van der Waals surface area contributed by atoms with Crippen molar-refractivity contribution in [2.45, 2.75) is 45.2 Å². The molecule has 2 aromatic heterocycles. The van der Waals surface area contributed by atoms with Gasteiger partial charge in [0.25, 0.3) is 0 Å². The SMILES string of the molecule is CO[C@@H](C)C(=O)OC1Cc2ccccc2C1Oc1cccn2c(CO)c(C)nc12. The monoisotopic (exact) mass is 396 g/mol. The van der Waals surface area contributed by atoms with E-state index in [1.54, 1.807) is 6.92 Å². The summed E-state index contributed by atoms with van der Waals surface area (Å²) in [6.07, 6.45) is 0.839. The summed E-state index contributed by atoms with van der Waals surface area (Å²) in [4.78, 5) is 16.9. The molecule has 0 radical (unpaired) electrons. The second-order valence-corrected chi connectivity index (χ2v) is 7.16. The highest BCUT2D eigenvalue weighted by atomic mass is 16.6. The molecule has 0 amide bonds. The second kappa shape index (κ2) is 7.85. The van der Waals surface area contributed by atoms with Gasteiger partial charge in [0.05, 0.1) is 18.0 Å². The van der Waals surface area contributed by atoms with E-state index in [9.17, 15) is 9.90 Å². The Kier molecular flexibility index (Phi) is 5.25. The summed E-state index contributed by atoms with van der Waals surface area (Å²) < 4.78 is 19.0. The van der Waals surface area contributed by atoms with Crippen molar-refractivity contribution >= 4 is 11.6 Å². The molecule has 7 heteroatoms. The van der Waals surface area contributed by atoms with Crippen LogP contribution in [-0.4, -0.2) is 39.8 Å². The first-order valence-corrected chi connectivity index (χ1v) is 9.58. The van der Waals surface area contributed by atoms with Crippen molar-refractivity contribution in [2.75, 3.05) is 7.11 Å². The van der Waals surface area contributed by atoms with Crippen LogP contribution in [0.4, 0.5) is 0 Å². The zero-order chi connectivity index (χ0) is 20.5. The summed E-state index contributed by atoms with van der Waals surface area (Å²) in [7, 11) is 1.48. The maximum atomic E-state index is 12.3. The average Bonchev–Trinajstić information content (AvgIpc) is 3.24. The molecule has 29 heavy (non-hydrogen) atoms. The Hall–Kier alpha value is -2.90. The number of ether oxygens (including phenoxy) is 3. The smallest absolute Gasteiger partial charge is 0.335 e. The Balaban J connectivity index is 1.69.